The van der Waals surface area contributed by atoms with E-state index in [4.69, 9.17) is 11.5 Å². The molecule has 0 bridgehead atoms. The maximum atomic E-state index is 13.7. The zero-order chi connectivity index (χ0) is 14.1. The van der Waals surface area contributed by atoms with E-state index in [2.05, 4.69) is 15.0 Å². The van der Waals surface area contributed by atoms with Gasteiger partial charge in [-0.3, -0.25) is 0 Å². The summed E-state index contributed by atoms with van der Waals surface area (Å²) in [6.07, 6.45) is 1.41. The number of hydrogen-bond acceptors (Lipinski definition) is 5. The summed E-state index contributed by atoms with van der Waals surface area (Å²) in [4.78, 5) is 11.7. The summed E-state index contributed by atoms with van der Waals surface area (Å²) >= 11 is 0. The van der Waals surface area contributed by atoms with Gasteiger partial charge in [0.15, 0.2) is 0 Å². The molecule has 5 nitrogen and oxygen atoms in total. The van der Waals surface area contributed by atoms with E-state index in [0.29, 0.717) is 17.0 Å². The van der Waals surface area contributed by atoms with Crippen molar-refractivity contribution >= 4 is 11.8 Å². The molecule has 1 aliphatic rings. The molecule has 1 aromatic carbocycles. The Kier molecular flexibility index (Phi) is 2.90. The van der Waals surface area contributed by atoms with Crippen LogP contribution in [-0.2, 0) is 0 Å². The summed E-state index contributed by atoms with van der Waals surface area (Å²) in [6.45, 7) is 0. The molecule has 0 saturated carbocycles. The maximum absolute atomic E-state index is 13.7. The van der Waals surface area contributed by atoms with Gasteiger partial charge in [-0.25, -0.2) is 9.98 Å². The summed E-state index contributed by atoms with van der Waals surface area (Å²) < 4.78 is 13.7. The Balaban J connectivity index is 2.03. The number of aromatic nitrogens is 1. The van der Waals surface area contributed by atoms with Crippen LogP contribution >= 0.6 is 0 Å². The lowest BCUT2D eigenvalue weighted by Crippen LogP contribution is -2.17. The Morgan fingerprint density at radius 3 is 2.65 bits per heavy atom. The van der Waals surface area contributed by atoms with Crippen LogP contribution in [0.3, 0.4) is 0 Å². The summed E-state index contributed by atoms with van der Waals surface area (Å²) in [5.41, 5.74) is 13.3. The average Bonchev–Trinajstić information content (AvgIpc) is 2.78. The molecule has 4 N–H and O–H groups in total. The van der Waals surface area contributed by atoms with Gasteiger partial charge in [0.2, 0.25) is 11.9 Å². The summed E-state index contributed by atoms with van der Waals surface area (Å²) in [5.74, 6) is -0.0162. The van der Waals surface area contributed by atoms with E-state index < -0.39 is 12.0 Å². The Bertz CT molecular complexity index is 723. The second-order valence-electron chi connectivity index (χ2n) is 4.39. The number of guanidine groups is 1. The van der Waals surface area contributed by atoms with Crippen molar-refractivity contribution in [2.75, 3.05) is 0 Å². The van der Waals surface area contributed by atoms with E-state index in [-0.39, 0.29) is 5.96 Å². The molecule has 1 unspecified atom stereocenters. The molecule has 0 saturated heterocycles. The van der Waals surface area contributed by atoms with Crippen LogP contribution in [0.1, 0.15) is 11.6 Å². The topological polar surface area (TPSA) is 89.6 Å². The zero-order valence-corrected chi connectivity index (χ0v) is 10.5. The van der Waals surface area contributed by atoms with Crippen molar-refractivity contribution in [2.24, 2.45) is 21.5 Å². The van der Waals surface area contributed by atoms with Gasteiger partial charge >= 0.3 is 0 Å². The predicted molar refractivity (Wildman–Crippen MR) is 75.6 cm³/mol. The first kappa shape index (κ1) is 12.3. The molecule has 3 rings (SSSR count). The van der Waals surface area contributed by atoms with Crippen molar-refractivity contribution in [3.8, 4) is 11.1 Å². The molecule has 100 valence electrons. The van der Waals surface area contributed by atoms with Gasteiger partial charge in [0.25, 0.3) is 0 Å². The first-order valence-electron chi connectivity index (χ1n) is 6.03. The molecule has 6 heteroatoms. The molecule has 0 spiro atoms. The monoisotopic (exact) mass is 269 g/mol. The predicted octanol–water partition coefficient (Wildman–Crippen LogP) is 1.61. The van der Waals surface area contributed by atoms with E-state index in [9.17, 15) is 4.39 Å². The van der Waals surface area contributed by atoms with Gasteiger partial charge in [-0.1, -0.05) is 18.2 Å². The van der Waals surface area contributed by atoms with Crippen LogP contribution in [0.5, 0.6) is 0 Å². The number of hydrogen-bond donors (Lipinski definition) is 2. The smallest absolute Gasteiger partial charge is 0.220 e. The Hall–Kier alpha value is -2.76. The van der Waals surface area contributed by atoms with Crippen molar-refractivity contribution in [1.29, 1.82) is 0 Å². The number of amidine groups is 1. The van der Waals surface area contributed by atoms with E-state index in [1.807, 2.05) is 18.2 Å². The summed E-state index contributed by atoms with van der Waals surface area (Å²) in [7, 11) is 0. The molecule has 1 aromatic heterocycles. The summed E-state index contributed by atoms with van der Waals surface area (Å²) in [6, 6.07) is 10.2. The van der Waals surface area contributed by atoms with Gasteiger partial charge in [0, 0.05) is 11.8 Å². The molecule has 0 fully saturated rings. The maximum Gasteiger partial charge on any atom is 0.220 e. The molecule has 1 aliphatic heterocycles. The number of nitrogens with two attached hydrogens (primary N) is 2. The highest BCUT2D eigenvalue weighted by atomic mass is 19.1. The van der Waals surface area contributed by atoms with E-state index >= 15 is 0 Å². The van der Waals surface area contributed by atoms with Gasteiger partial charge in [-0.2, -0.15) is 9.38 Å². The standard InChI is InChI=1S/C14H12FN5/c15-12-10(5-2-6-18-12)8-3-1-4-9(7-8)11-13(16)20-14(17)19-11/h1-7,11H,(H4,16,17,19,20). The number of nitrogens with zero attached hydrogens (tertiary/aromatic N) is 3. The molecule has 20 heavy (non-hydrogen) atoms. The van der Waals surface area contributed by atoms with Crippen LogP contribution in [0.25, 0.3) is 11.1 Å². The number of aliphatic imine (C=N–C) groups is 2. The second-order valence-corrected chi connectivity index (χ2v) is 4.39. The van der Waals surface area contributed by atoms with Crippen LogP contribution in [0.2, 0.25) is 0 Å². The fourth-order valence-electron chi connectivity index (χ4n) is 2.14. The molecule has 0 amide bonds. The van der Waals surface area contributed by atoms with E-state index in [0.717, 1.165) is 5.56 Å². The Labute approximate surface area is 114 Å². The first-order valence-corrected chi connectivity index (χ1v) is 6.03. The highest BCUT2D eigenvalue weighted by molar-refractivity contribution is 6.03. The lowest BCUT2D eigenvalue weighted by atomic mass is 10.0. The van der Waals surface area contributed by atoms with Crippen LogP contribution in [0.15, 0.2) is 52.6 Å². The SMILES string of the molecule is NC1=NC(c2cccc(-c3cccnc3F)c2)C(N)=N1. The number of halogens is 1. The Morgan fingerprint density at radius 1 is 1.10 bits per heavy atom. The van der Waals surface area contributed by atoms with Crippen molar-refractivity contribution in [3.63, 3.8) is 0 Å². The first-order chi connectivity index (χ1) is 9.65. The van der Waals surface area contributed by atoms with Gasteiger partial charge < -0.3 is 11.5 Å². The van der Waals surface area contributed by atoms with Crippen molar-refractivity contribution in [1.82, 2.24) is 4.98 Å². The normalized spacial score (nSPS) is 17.8. The van der Waals surface area contributed by atoms with Gasteiger partial charge in [-0.05, 0) is 29.3 Å². The molecule has 0 radical (unpaired) electrons. The molecule has 0 aliphatic carbocycles. The van der Waals surface area contributed by atoms with Crippen molar-refractivity contribution < 1.29 is 4.39 Å². The molecule has 1 atom stereocenters. The number of benzene rings is 1. The minimum atomic E-state index is -0.513. The zero-order valence-electron chi connectivity index (χ0n) is 10.5. The fraction of sp³-hybridized carbons (Fsp3) is 0.0714. The van der Waals surface area contributed by atoms with Crippen LogP contribution in [0, 0.1) is 5.95 Å². The fourth-order valence-corrected chi connectivity index (χ4v) is 2.14. The summed E-state index contributed by atoms with van der Waals surface area (Å²) in [5, 5.41) is 0. The average molecular weight is 269 g/mol. The van der Waals surface area contributed by atoms with Crippen LogP contribution < -0.4 is 11.5 Å². The van der Waals surface area contributed by atoms with Crippen molar-refractivity contribution in [2.45, 2.75) is 6.04 Å². The highest BCUT2D eigenvalue weighted by Gasteiger charge is 2.21. The molecular formula is C14H12FN5. The third-order valence-corrected chi connectivity index (χ3v) is 3.06. The Morgan fingerprint density at radius 2 is 1.95 bits per heavy atom. The van der Waals surface area contributed by atoms with E-state index in [1.165, 1.54) is 6.20 Å². The van der Waals surface area contributed by atoms with Gasteiger partial charge in [0.1, 0.15) is 11.9 Å². The lowest BCUT2D eigenvalue weighted by molar-refractivity contribution is 0.587. The molecule has 2 aromatic rings. The quantitative estimate of drug-likeness (QED) is 0.812. The molecular weight excluding hydrogens is 257 g/mol. The molecule has 2 heterocycles. The second kappa shape index (κ2) is 4.73. The minimum Gasteiger partial charge on any atom is -0.385 e. The minimum absolute atomic E-state index is 0.158. The number of rotatable bonds is 2. The van der Waals surface area contributed by atoms with Gasteiger partial charge in [0.05, 0.1) is 0 Å². The lowest BCUT2D eigenvalue weighted by Gasteiger charge is -2.10. The third kappa shape index (κ3) is 2.11. The van der Waals surface area contributed by atoms with Crippen LogP contribution in [-0.4, -0.2) is 16.8 Å². The van der Waals surface area contributed by atoms with Gasteiger partial charge in [-0.15, -0.1) is 0 Å². The highest BCUT2D eigenvalue weighted by Crippen LogP contribution is 2.27. The third-order valence-electron chi connectivity index (χ3n) is 3.06. The number of pyridine rings is 1. The van der Waals surface area contributed by atoms with Crippen LogP contribution in [0.4, 0.5) is 4.39 Å². The largest absolute Gasteiger partial charge is 0.385 e. The van der Waals surface area contributed by atoms with Crippen molar-refractivity contribution in [3.05, 3.63) is 54.1 Å². The van der Waals surface area contributed by atoms with E-state index in [1.54, 1.807) is 18.2 Å².